The fourth-order valence-electron chi connectivity index (χ4n) is 5.44. The van der Waals surface area contributed by atoms with Gasteiger partial charge in [0.1, 0.15) is 5.82 Å². The van der Waals surface area contributed by atoms with Crippen molar-refractivity contribution >= 4 is 16.9 Å². The van der Waals surface area contributed by atoms with Crippen LogP contribution in [0.3, 0.4) is 0 Å². The lowest BCUT2D eigenvalue weighted by atomic mass is 9.85. The van der Waals surface area contributed by atoms with E-state index in [1.54, 1.807) is 7.11 Å². The minimum absolute atomic E-state index is 0.190. The van der Waals surface area contributed by atoms with E-state index in [-0.39, 0.29) is 6.10 Å². The molecule has 2 fully saturated rings. The third-order valence-corrected chi connectivity index (χ3v) is 7.49. The zero-order valence-electron chi connectivity index (χ0n) is 21.1. The van der Waals surface area contributed by atoms with E-state index in [2.05, 4.69) is 36.1 Å². The summed E-state index contributed by atoms with van der Waals surface area (Å²) in [5.74, 6) is 1.98. The zero-order valence-corrected chi connectivity index (χ0v) is 21.1. The smallest absolute Gasteiger partial charge is 0.217 e. The molecule has 1 saturated heterocycles. The lowest BCUT2D eigenvalue weighted by Gasteiger charge is -2.40. The number of rotatable bonds is 7. The van der Waals surface area contributed by atoms with Crippen molar-refractivity contribution in [3.8, 4) is 11.6 Å². The maximum absolute atomic E-state index is 6.09. The van der Waals surface area contributed by atoms with Gasteiger partial charge in [-0.05, 0) is 37.0 Å². The second-order valence-corrected chi connectivity index (χ2v) is 10.0. The van der Waals surface area contributed by atoms with Crippen LogP contribution in [0.5, 0.6) is 5.88 Å². The summed E-state index contributed by atoms with van der Waals surface area (Å²) in [6.07, 6.45) is 8.47. The van der Waals surface area contributed by atoms with Gasteiger partial charge in [-0.25, -0.2) is 9.67 Å². The first-order valence-electron chi connectivity index (χ1n) is 13.0. The fraction of sp³-hybridized carbons (Fsp3) is 0.414. The van der Waals surface area contributed by atoms with Gasteiger partial charge in [-0.2, -0.15) is 10.1 Å². The quantitative estimate of drug-likeness (QED) is 0.342. The number of aryl methyl sites for hydroxylation is 1. The molecule has 0 amide bonds. The van der Waals surface area contributed by atoms with Gasteiger partial charge in [-0.1, -0.05) is 49.6 Å². The summed E-state index contributed by atoms with van der Waals surface area (Å²) >= 11 is 0. The zero-order chi connectivity index (χ0) is 24.5. The maximum Gasteiger partial charge on any atom is 0.217 e. The number of anilines is 1. The number of hydrogen-bond acceptors (Lipinski definition) is 6. The van der Waals surface area contributed by atoms with E-state index in [1.807, 2.05) is 35.1 Å². The van der Waals surface area contributed by atoms with E-state index in [0.717, 1.165) is 35.6 Å². The summed E-state index contributed by atoms with van der Waals surface area (Å²) < 4.78 is 13.6. The molecule has 4 aromatic rings. The normalized spacial score (nSPS) is 16.9. The third-order valence-electron chi connectivity index (χ3n) is 7.49. The van der Waals surface area contributed by atoms with Crippen molar-refractivity contribution in [1.29, 1.82) is 0 Å². The summed E-state index contributed by atoms with van der Waals surface area (Å²) in [6.45, 7) is 4.41. The van der Waals surface area contributed by atoms with E-state index < -0.39 is 0 Å². The molecule has 186 valence electrons. The molecular weight excluding hydrogens is 450 g/mol. The molecule has 6 rings (SSSR count). The van der Waals surface area contributed by atoms with Crippen molar-refractivity contribution < 1.29 is 9.47 Å². The van der Waals surface area contributed by atoms with Crippen molar-refractivity contribution in [2.45, 2.75) is 57.7 Å². The molecule has 1 aliphatic carbocycles. The van der Waals surface area contributed by atoms with Crippen LogP contribution in [0.15, 0.2) is 54.7 Å². The van der Waals surface area contributed by atoms with E-state index in [9.17, 15) is 0 Å². The third kappa shape index (κ3) is 4.55. The highest BCUT2D eigenvalue weighted by Crippen LogP contribution is 2.35. The van der Waals surface area contributed by atoms with Crippen LogP contribution in [0.4, 0.5) is 5.82 Å². The second kappa shape index (κ2) is 9.90. The number of nitrogens with zero attached hydrogens (tertiary/aromatic N) is 5. The number of fused-ring (bicyclic) bond motifs is 1. The fourth-order valence-corrected chi connectivity index (χ4v) is 5.44. The topological polar surface area (TPSA) is 65.3 Å². The Labute approximate surface area is 212 Å². The number of benzene rings is 1. The summed E-state index contributed by atoms with van der Waals surface area (Å²) in [5.41, 5.74) is 5.49. The molecule has 36 heavy (non-hydrogen) atoms. The molecule has 4 heterocycles. The van der Waals surface area contributed by atoms with Gasteiger partial charge in [0.2, 0.25) is 5.88 Å². The van der Waals surface area contributed by atoms with E-state index in [0.29, 0.717) is 18.4 Å². The van der Waals surface area contributed by atoms with Crippen molar-refractivity contribution in [1.82, 2.24) is 19.7 Å². The minimum Gasteiger partial charge on any atom is -0.481 e. The largest absolute Gasteiger partial charge is 0.481 e. The summed E-state index contributed by atoms with van der Waals surface area (Å²) in [6, 6.07) is 16.5. The first kappa shape index (κ1) is 23.0. The molecule has 1 aromatic carbocycles. The number of pyridine rings is 2. The van der Waals surface area contributed by atoms with Crippen LogP contribution in [-0.4, -0.2) is 46.1 Å². The molecule has 0 bridgehead atoms. The van der Waals surface area contributed by atoms with Crippen LogP contribution in [0.2, 0.25) is 0 Å². The Balaban J connectivity index is 1.24. The number of methoxy groups -OCH3 is 1. The highest BCUT2D eigenvalue weighted by Gasteiger charge is 2.29. The van der Waals surface area contributed by atoms with Crippen molar-refractivity contribution in [2.24, 2.45) is 0 Å². The summed E-state index contributed by atoms with van der Waals surface area (Å²) in [7, 11) is 1.65. The van der Waals surface area contributed by atoms with Gasteiger partial charge in [0.15, 0.2) is 5.65 Å². The van der Waals surface area contributed by atoms with Crippen molar-refractivity contribution in [2.75, 3.05) is 25.1 Å². The molecule has 0 spiro atoms. The molecule has 0 radical (unpaired) electrons. The Kier molecular flexibility index (Phi) is 6.32. The first-order chi connectivity index (χ1) is 17.7. The molecular formula is C29H33N5O2. The Hall–Kier alpha value is -3.45. The van der Waals surface area contributed by atoms with E-state index in [1.165, 1.54) is 48.9 Å². The maximum atomic E-state index is 6.09. The van der Waals surface area contributed by atoms with Gasteiger partial charge in [0.05, 0.1) is 31.7 Å². The average molecular weight is 484 g/mol. The SMILES string of the molecule is COc1cc(-n2ncc3cc(C)c(C4CCCCC4)nc32)cc(N2CC(OCc3ccccc3)C2)n1. The summed E-state index contributed by atoms with van der Waals surface area (Å²) in [4.78, 5) is 12.1. The van der Waals surface area contributed by atoms with Gasteiger partial charge >= 0.3 is 0 Å². The van der Waals surface area contributed by atoms with Crippen molar-refractivity contribution in [3.63, 3.8) is 0 Å². The minimum atomic E-state index is 0.190. The molecule has 1 aliphatic heterocycles. The van der Waals surface area contributed by atoms with E-state index in [4.69, 9.17) is 24.5 Å². The molecule has 2 aliphatic rings. The molecule has 1 saturated carbocycles. The number of ether oxygens (including phenoxy) is 2. The van der Waals surface area contributed by atoms with Gasteiger partial charge in [-0.15, -0.1) is 0 Å². The lowest BCUT2D eigenvalue weighted by molar-refractivity contribution is 0.0220. The van der Waals surface area contributed by atoms with Crippen molar-refractivity contribution in [3.05, 3.63) is 71.5 Å². The predicted octanol–water partition coefficient (Wildman–Crippen LogP) is 5.59. The molecule has 0 atom stereocenters. The molecule has 0 N–H and O–H groups in total. The first-order valence-corrected chi connectivity index (χ1v) is 13.0. The van der Waals surface area contributed by atoms with Crippen LogP contribution < -0.4 is 9.64 Å². The van der Waals surface area contributed by atoms with Gasteiger partial charge in [0.25, 0.3) is 0 Å². The highest BCUT2D eigenvalue weighted by atomic mass is 16.5. The monoisotopic (exact) mass is 483 g/mol. The molecule has 0 unspecified atom stereocenters. The van der Waals surface area contributed by atoms with Crippen LogP contribution in [0.1, 0.15) is 54.8 Å². The van der Waals surface area contributed by atoms with Crippen LogP contribution in [0, 0.1) is 6.92 Å². The van der Waals surface area contributed by atoms with Crippen LogP contribution in [-0.2, 0) is 11.3 Å². The van der Waals surface area contributed by atoms with Crippen LogP contribution >= 0.6 is 0 Å². The number of aromatic nitrogens is 4. The standard InChI is InChI=1S/C29H33N5O2/c1-20-13-23-16-30-34(29(23)32-28(20)22-11-7-4-8-12-22)24-14-26(31-27(15-24)35-2)33-17-25(18-33)36-19-21-9-5-3-6-10-21/h3,5-6,9-10,13-16,22,25H,4,7-8,11-12,17-19H2,1-2H3. The van der Waals surface area contributed by atoms with Gasteiger partial charge < -0.3 is 14.4 Å². The predicted molar refractivity (Wildman–Crippen MR) is 141 cm³/mol. The van der Waals surface area contributed by atoms with E-state index >= 15 is 0 Å². The Morgan fingerprint density at radius 2 is 1.78 bits per heavy atom. The Morgan fingerprint density at radius 1 is 0.972 bits per heavy atom. The highest BCUT2D eigenvalue weighted by molar-refractivity contribution is 5.78. The summed E-state index contributed by atoms with van der Waals surface area (Å²) in [5, 5.41) is 5.78. The molecule has 3 aromatic heterocycles. The Bertz CT molecular complexity index is 1340. The van der Waals surface area contributed by atoms with Crippen LogP contribution in [0.25, 0.3) is 16.7 Å². The average Bonchev–Trinajstić information content (AvgIpc) is 3.31. The number of hydrogen-bond donors (Lipinski definition) is 0. The van der Waals surface area contributed by atoms with Gasteiger partial charge in [0, 0.05) is 42.2 Å². The molecule has 7 nitrogen and oxygen atoms in total. The second-order valence-electron chi connectivity index (χ2n) is 10.0. The Morgan fingerprint density at radius 3 is 2.56 bits per heavy atom. The van der Waals surface area contributed by atoms with Gasteiger partial charge in [-0.3, -0.25) is 0 Å². The lowest BCUT2D eigenvalue weighted by Crippen LogP contribution is -2.52. The molecule has 7 heteroatoms.